The molecule has 2 aromatic carbocycles. The zero-order valence-electron chi connectivity index (χ0n) is 15.8. The number of hydrogen-bond donors (Lipinski definition) is 0. The van der Waals surface area contributed by atoms with Gasteiger partial charge in [0.05, 0.1) is 10.9 Å². The highest BCUT2D eigenvalue weighted by Gasteiger charge is 2.16. The lowest BCUT2D eigenvalue weighted by molar-refractivity contribution is 0.364. The van der Waals surface area contributed by atoms with Gasteiger partial charge in [-0.3, -0.25) is 13.9 Å². The molecule has 29 heavy (non-hydrogen) atoms. The van der Waals surface area contributed by atoms with Crippen LogP contribution in [-0.2, 0) is 19.5 Å². The van der Waals surface area contributed by atoms with Crippen molar-refractivity contribution < 1.29 is 8.91 Å². The first kappa shape index (κ1) is 18.8. The summed E-state index contributed by atoms with van der Waals surface area (Å²) in [6, 6.07) is 13.3. The zero-order chi connectivity index (χ0) is 20.4. The van der Waals surface area contributed by atoms with Crippen LogP contribution in [0.4, 0.5) is 4.39 Å². The van der Waals surface area contributed by atoms with Crippen LogP contribution in [0.3, 0.4) is 0 Å². The number of para-hydroxylation sites is 1. The molecule has 0 spiro atoms. The standard InChI is InChI=1S/C21H19FN4O3/c1-2-11-25-20(27)15-8-4-6-10-17(15)26(21(25)28)13-19-23-18(24-29-19)12-14-7-3-5-9-16(14)22/h3-10H,2,11-13H2,1H3. The van der Waals surface area contributed by atoms with E-state index in [0.717, 1.165) is 0 Å². The van der Waals surface area contributed by atoms with E-state index >= 15 is 0 Å². The summed E-state index contributed by atoms with van der Waals surface area (Å²) in [5.41, 5.74) is 0.224. The topological polar surface area (TPSA) is 82.9 Å². The summed E-state index contributed by atoms with van der Waals surface area (Å²) < 4.78 is 21.8. The summed E-state index contributed by atoms with van der Waals surface area (Å²) in [6.07, 6.45) is 0.835. The van der Waals surface area contributed by atoms with Gasteiger partial charge in [-0.25, -0.2) is 9.18 Å². The highest BCUT2D eigenvalue weighted by atomic mass is 19.1. The van der Waals surface area contributed by atoms with Crippen LogP contribution in [0.15, 0.2) is 62.6 Å². The molecule has 0 radical (unpaired) electrons. The molecule has 4 rings (SSSR count). The van der Waals surface area contributed by atoms with Gasteiger partial charge in [-0.15, -0.1) is 0 Å². The molecule has 148 valence electrons. The number of nitrogens with zero attached hydrogens (tertiary/aromatic N) is 4. The Hall–Kier alpha value is -3.55. The molecule has 0 aliphatic rings. The van der Waals surface area contributed by atoms with Gasteiger partial charge in [0.25, 0.3) is 5.56 Å². The van der Waals surface area contributed by atoms with Crippen molar-refractivity contribution in [2.24, 2.45) is 0 Å². The molecule has 0 aliphatic carbocycles. The van der Waals surface area contributed by atoms with Crippen LogP contribution in [-0.4, -0.2) is 19.3 Å². The van der Waals surface area contributed by atoms with Gasteiger partial charge in [-0.1, -0.05) is 42.4 Å². The maximum absolute atomic E-state index is 13.8. The van der Waals surface area contributed by atoms with Crippen molar-refractivity contribution in [2.45, 2.75) is 32.9 Å². The van der Waals surface area contributed by atoms with E-state index < -0.39 is 5.69 Å². The minimum Gasteiger partial charge on any atom is -0.337 e. The molecule has 4 aromatic rings. The number of hydrogen-bond acceptors (Lipinski definition) is 5. The first-order valence-electron chi connectivity index (χ1n) is 9.35. The van der Waals surface area contributed by atoms with E-state index in [1.54, 1.807) is 42.5 Å². The predicted molar refractivity (Wildman–Crippen MR) is 105 cm³/mol. The fraction of sp³-hybridized carbons (Fsp3) is 0.238. The van der Waals surface area contributed by atoms with Gasteiger partial charge in [-0.2, -0.15) is 4.98 Å². The molecule has 0 saturated heterocycles. The van der Waals surface area contributed by atoms with Crippen molar-refractivity contribution in [3.05, 3.63) is 92.5 Å². The molecule has 7 nitrogen and oxygen atoms in total. The Morgan fingerprint density at radius 3 is 2.59 bits per heavy atom. The second kappa shape index (κ2) is 7.83. The lowest BCUT2D eigenvalue weighted by Crippen LogP contribution is -2.40. The third-order valence-electron chi connectivity index (χ3n) is 4.69. The maximum atomic E-state index is 13.8. The van der Waals surface area contributed by atoms with Crippen molar-refractivity contribution >= 4 is 10.9 Å². The first-order chi connectivity index (χ1) is 14.1. The molecular formula is C21H19FN4O3. The Morgan fingerprint density at radius 1 is 1.03 bits per heavy atom. The minimum absolute atomic E-state index is 0.0214. The summed E-state index contributed by atoms with van der Waals surface area (Å²) in [5, 5.41) is 4.35. The molecule has 8 heteroatoms. The van der Waals surface area contributed by atoms with Crippen LogP contribution in [0, 0.1) is 5.82 Å². The monoisotopic (exact) mass is 394 g/mol. The van der Waals surface area contributed by atoms with Gasteiger partial charge in [0.15, 0.2) is 5.82 Å². The van der Waals surface area contributed by atoms with Gasteiger partial charge < -0.3 is 4.52 Å². The molecule has 0 saturated carbocycles. The average molecular weight is 394 g/mol. The molecule has 0 aliphatic heterocycles. The van der Waals surface area contributed by atoms with E-state index in [1.165, 1.54) is 15.2 Å². The van der Waals surface area contributed by atoms with Crippen molar-refractivity contribution in [3.8, 4) is 0 Å². The number of halogens is 1. The van der Waals surface area contributed by atoms with Crippen LogP contribution in [0.2, 0.25) is 0 Å². The number of aromatic nitrogens is 4. The Morgan fingerprint density at radius 2 is 1.79 bits per heavy atom. The van der Waals surface area contributed by atoms with E-state index in [2.05, 4.69) is 10.1 Å². The van der Waals surface area contributed by atoms with Crippen LogP contribution < -0.4 is 11.2 Å². The summed E-state index contributed by atoms with van der Waals surface area (Å²) in [6.45, 7) is 2.25. The molecule has 0 amide bonds. The SMILES string of the molecule is CCCn1c(=O)c2ccccc2n(Cc2nc(Cc3ccccc3F)no2)c1=O. The zero-order valence-corrected chi connectivity index (χ0v) is 15.8. The molecule has 2 heterocycles. The Bertz CT molecular complexity index is 1290. The average Bonchev–Trinajstić information content (AvgIpc) is 3.17. The van der Waals surface area contributed by atoms with Gasteiger partial charge in [-0.05, 0) is 30.2 Å². The fourth-order valence-corrected chi connectivity index (χ4v) is 3.32. The van der Waals surface area contributed by atoms with Crippen molar-refractivity contribution in [1.29, 1.82) is 0 Å². The maximum Gasteiger partial charge on any atom is 0.331 e. The highest BCUT2D eigenvalue weighted by molar-refractivity contribution is 5.77. The van der Waals surface area contributed by atoms with Gasteiger partial charge in [0.1, 0.15) is 12.4 Å². The van der Waals surface area contributed by atoms with Gasteiger partial charge in [0.2, 0.25) is 5.89 Å². The molecular weight excluding hydrogens is 375 g/mol. The fourth-order valence-electron chi connectivity index (χ4n) is 3.32. The van der Waals surface area contributed by atoms with Crippen molar-refractivity contribution in [2.75, 3.05) is 0 Å². The van der Waals surface area contributed by atoms with E-state index in [4.69, 9.17) is 4.52 Å². The summed E-state index contributed by atoms with van der Waals surface area (Å²) in [7, 11) is 0. The molecule has 0 fully saturated rings. The minimum atomic E-state index is -0.426. The van der Waals surface area contributed by atoms with Crippen LogP contribution in [0.25, 0.3) is 10.9 Å². The molecule has 0 bridgehead atoms. The van der Waals surface area contributed by atoms with E-state index in [9.17, 15) is 14.0 Å². The number of rotatable bonds is 6. The van der Waals surface area contributed by atoms with E-state index in [0.29, 0.717) is 35.3 Å². The van der Waals surface area contributed by atoms with Crippen molar-refractivity contribution in [1.82, 2.24) is 19.3 Å². The summed E-state index contributed by atoms with van der Waals surface area (Å²) in [5.74, 6) is 0.197. The largest absolute Gasteiger partial charge is 0.337 e. The van der Waals surface area contributed by atoms with Gasteiger partial charge >= 0.3 is 5.69 Å². The first-order valence-corrected chi connectivity index (χ1v) is 9.35. The van der Waals surface area contributed by atoms with E-state index in [-0.39, 0.29) is 30.2 Å². The summed E-state index contributed by atoms with van der Waals surface area (Å²) >= 11 is 0. The lowest BCUT2D eigenvalue weighted by Gasteiger charge is -2.12. The number of benzene rings is 2. The quantitative estimate of drug-likeness (QED) is 0.502. The van der Waals surface area contributed by atoms with Gasteiger partial charge in [0, 0.05) is 13.0 Å². The molecule has 2 aromatic heterocycles. The number of fused-ring (bicyclic) bond motifs is 1. The normalized spacial score (nSPS) is 11.2. The highest BCUT2D eigenvalue weighted by Crippen LogP contribution is 2.13. The summed E-state index contributed by atoms with van der Waals surface area (Å²) in [4.78, 5) is 29.9. The van der Waals surface area contributed by atoms with Crippen molar-refractivity contribution in [3.63, 3.8) is 0 Å². The molecule has 0 N–H and O–H groups in total. The lowest BCUT2D eigenvalue weighted by atomic mass is 10.1. The Kier molecular flexibility index (Phi) is 5.07. The van der Waals surface area contributed by atoms with Crippen LogP contribution >= 0.6 is 0 Å². The van der Waals surface area contributed by atoms with Crippen LogP contribution in [0.5, 0.6) is 0 Å². The van der Waals surface area contributed by atoms with E-state index in [1.807, 2.05) is 6.92 Å². The third kappa shape index (κ3) is 3.61. The Balaban J connectivity index is 1.72. The molecule has 0 unspecified atom stereocenters. The third-order valence-corrected chi connectivity index (χ3v) is 4.69. The smallest absolute Gasteiger partial charge is 0.331 e. The second-order valence-electron chi connectivity index (χ2n) is 6.72. The molecule has 0 atom stereocenters. The van der Waals surface area contributed by atoms with Crippen LogP contribution in [0.1, 0.15) is 30.6 Å². The Labute approximate surface area is 165 Å². The second-order valence-corrected chi connectivity index (χ2v) is 6.72. The predicted octanol–water partition coefficient (Wildman–Crippen LogP) is 2.73.